The molecule has 2 fully saturated rings. The molecule has 2 aromatic carbocycles. The van der Waals surface area contributed by atoms with E-state index in [1.54, 1.807) is 6.92 Å². The number of carbonyl (C=O) groups excluding carboxylic acids is 2. The summed E-state index contributed by atoms with van der Waals surface area (Å²) in [6.07, 6.45) is -6.55. The van der Waals surface area contributed by atoms with Gasteiger partial charge in [0.1, 0.15) is 11.5 Å². The predicted octanol–water partition coefficient (Wildman–Crippen LogP) is 6.30. The highest BCUT2D eigenvalue weighted by molar-refractivity contribution is 6.20. The molecule has 2 N–H and O–H groups in total. The van der Waals surface area contributed by atoms with E-state index in [1.807, 2.05) is 0 Å². The number of alkyl halides is 8. The Bertz CT molecular complexity index is 1300. The average molecular weight is 673 g/mol. The molecular formula is C28H28Cl2F6N2O6. The molecule has 44 heavy (non-hydrogen) atoms. The Morgan fingerprint density at radius 1 is 0.818 bits per heavy atom. The summed E-state index contributed by atoms with van der Waals surface area (Å²) < 4.78 is 99.4. The molecule has 16 heteroatoms. The normalized spacial score (nSPS) is 25.5. The van der Waals surface area contributed by atoms with Gasteiger partial charge in [-0.25, -0.2) is 8.78 Å². The second-order valence-corrected chi connectivity index (χ2v) is 11.5. The molecule has 2 atom stereocenters. The van der Waals surface area contributed by atoms with Crippen molar-refractivity contribution in [2.45, 2.75) is 73.5 Å². The van der Waals surface area contributed by atoms with E-state index >= 15 is 0 Å². The molecule has 2 aliphatic rings. The van der Waals surface area contributed by atoms with Gasteiger partial charge in [0.15, 0.2) is 5.79 Å². The first kappa shape index (κ1) is 33.9. The van der Waals surface area contributed by atoms with Crippen LogP contribution in [0.25, 0.3) is 0 Å². The Hall–Kier alpha value is -2.94. The molecule has 2 unspecified atom stereocenters. The van der Waals surface area contributed by atoms with Crippen molar-refractivity contribution in [3.8, 4) is 11.5 Å². The van der Waals surface area contributed by atoms with Gasteiger partial charge in [0.25, 0.3) is 23.1 Å². The van der Waals surface area contributed by atoms with E-state index in [2.05, 4.69) is 20.1 Å². The minimum Gasteiger partial charge on any atom is -0.429 e. The second kappa shape index (κ2) is 13.2. The molecule has 1 aliphatic carbocycles. The molecule has 0 bridgehead atoms. The molecule has 1 heterocycles. The predicted molar refractivity (Wildman–Crippen MR) is 146 cm³/mol. The minimum atomic E-state index is -4.24. The summed E-state index contributed by atoms with van der Waals surface area (Å²) in [5, 5.41) is 5.68. The Morgan fingerprint density at radius 2 is 1.23 bits per heavy atom. The number of halogens is 8. The molecule has 1 aliphatic heterocycles. The van der Waals surface area contributed by atoms with Crippen molar-refractivity contribution in [1.82, 2.24) is 10.6 Å². The summed E-state index contributed by atoms with van der Waals surface area (Å²) in [6, 6.07) is 9.15. The van der Waals surface area contributed by atoms with E-state index in [4.69, 9.17) is 32.7 Å². The lowest BCUT2D eigenvalue weighted by molar-refractivity contribution is -0.300. The molecular weight excluding hydrogens is 645 g/mol. The molecule has 1 saturated heterocycles. The zero-order valence-electron chi connectivity index (χ0n) is 23.1. The Kier molecular flexibility index (Phi) is 10.2. The van der Waals surface area contributed by atoms with Gasteiger partial charge in [-0.05, 0) is 68.3 Å². The zero-order valence-corrected chi connectivity index (χ0v) is 24.6. The van der Waals surface area contributed by atoms with Gasteiger partial charge in [-0.3, -0.25) is 9.59 Å². The fourth-order valence-corrected chi connectivity index (χ4v) is 4.68. The summed E-state index contributed by atoms with van der Waals surface area (Å²) >= 11 is 9.55. The molecule has 4 rings (SSSR count). The van der Waals surface area contributed by atoms with Gasteiger partial charge < -0.3 is 29.6 Å². The summed E-state index contributed by atoms with van der Waals surface area (Å²) in [5.74, 6) is -2.62. The SMILES string of the molecule is CC1(NC(=O)c2ccc(OC(F)(F)C(F)Cl)cc2)COC2(CCC(NC(=O)c3ccc(OC(F)(F)C(F)Cl)cc3)CC2)OC1. The largest absolute Gasteiger partial charge is 0.444 e. The van der Waals surface area contributed by atoms with Crippen molar-refractivity contribution >= 4 is 35.0 Å². The molecule has 1 spiro atoms. The zero-order chi connectivity index (χ0) is 32.3. The first-order chi connectivity index (χ1) is 20.5. The van der Waals surface area contributed by atoms with Gasteiger partial charge in [0.2, 0.25) is 0 Å². The Morgan fingerprint density at radius 3 is 1.64 bits per heavy atom. The van der Waals surface area contributed by atoms with Crippen LogP contribution in [0.1, 0.15) is 53.3 Å². The summed E-state index contributed by atoms with van der Waals surface area (Å²) in [6.45, 7) is 1.93. The average Bonchev–Trinajstić information content (AvgIpc) is 2.96. The lowest BCUT2D eigenvalue weighted by atomic mass is 9.88. The highest BCUT2D eigenvalue weighted by Crippen LogP contribution is 2.37. The van der Waals surface area contributed by atoms with Crippen LogP contribution in [0.4, 0.5) is 26.3 Å². The Labute approximate surface area is 258 Å². The molecule has 2 amide bonds. The minimum absolute atomic E-state index is 0.108. The van der Waals surface area contributed by atoms with E-state index in [1.165, 1.54) is 24.3 Å². The molecule has 2 aromatic rings. The van der Waals surface area contributed by atoms with Crippen LogP contribution in [0, 0.1) is 0 Å². The maximum atomic E-state index is 13.3. The maximum absolute atomic E-state index is 13.3. The Balaban J connectivity index is 1.23. The first-order valence-electron chi connectivity index (χ1n) is 13.3. The van der Waals surface area contributed by atoms with E-state index in [9.17, 15) is 35.9 Å². The molecule has 0 aromatic heterocycles. The lowest BCUT2D eigenvalue weighted by Gasteiger charge is -2.47. The fourth-order valence-electron chi connectivity index (χ4n) is 4.59. The fraction of sp³-hybridized carbons (Fsp3) is 0.500. The van der Waals surface area contributed by atoms with Gasteiger partial charge in [-0.2, -0.15) is 17.6 Å². The van der Waals surface area contributed by atoms with Gasteiger partial charge in [-0.1, -0.05) is 23.2 Å². The van der Waals surface area contributed by atoms with E-state index in [-0.39, 0.29) is 41.9 Å². The lowest BCUT2D eigenvalue weighted by Crippen LogP contribution is -2.61. The smallest absolute Gasteiger partial charge is 0.429 e. The monoisotopic (exact) mass is 672 g/mol. The van der Waals surface area contributed by atoms with Crippen LogP contribution in [-0.2, 0) is 9.47 Å². The maximum Gasteiger partial charge on any atom is 0.444 e. The van der Waals surface area contributed by atoms with Crippen LogP contribution in [0.2, 0.25) is 0 Å². The van der Waals surface area contributed by atoms with Crippen LogP contribution in [-0.4, -0.2) is 65.9 Å². The summed E-state index contributed by atoms with van der Waals surface area (Å²) in [7, 11) is 0. The molecule has 242 valence electrons. The summed E-state index contributed by atoms with van der Waals surface area (Å²) in [4.78, 5) is 25.4. The number of carbonyl (C=O) groups is 2. The van der Waals surface area contributed by atoms with E-state index < -0.39 is 46.6 Å². The topological polar surface area (TPSA) is 95.1 Å². The summed E-state index contributed by atoms with van der Waals surface area (Å²) in [5.41, 5.74) is -6.68. The standard InChI is InChI=1S/C28H28Cl2F6N2O6/c1-25(38-22(40)17-4-8-20(9-5-17)44-28(35,36)24(30)32)14-41-26(42-15-25)12-10-18(11-13-26)37-21(39)16-2-6-19(7-3-16)43-27(33,34)23(29)31/h2-9,18,23-24H,10-15H2,1H3,(H,37,39)(H,38,40). The molecule has 1 saturated carbocycles. The van der Waals surface area contributed by atoms with Crippen LogP contribution >= 0.6 is 23.2 Å². The third-order valence-electron chi connectivity index (χ3n) is 7.05. The van der Waals surface area contributed by atoms with Crippen LogP contribution in [0.15, 0.2) is 48.5 Å². The van der Waals surface area contributed by atoms with Crippen molar-refractivity contribution < 1.29 is 54.9 Å². The van der Waals surface area contributed by atoms with Gasteiger partial charge in [0.05, 0.1) is 18.8 Å². The third kappa shape index (κ3) is 8.40. The van der Waals surface area contributed by atoms with Gasteiger partial charge in [-0.15, -0.1) is 0 Å². The number of rotatable bonds is 10. The highest BCUT2D eigenvalue weighted by Gasteiger charge is 2.46. The van der Waals surface area contributed by atoms with Gasteiger partial charge >= 0.3 is 12.2 Å². The quantitative estimate of drug-likeness (QED) is 0.227. The van der Waals surface area contributed by atoms with Crippen LogP contribution < -0.4 is 20.1 Å². The number of amides is 2. The number of ether oxygens (including phenoxy) is 4. The molecule has 0 radical (unpaired) electrons. The van der Waals surface area contributed by atoms with Crippen molar-refractivity contribution in [3.63, 3.8) is 0 Å². The number of hydrogen-bond donors (Lipinski definition) is 2. The second-order valence-electron chi connectivity index (χ2n) is 10.7. The van der Waals surface area contributed by atoms with Crippen molar-refractivity contribution in [1.29, 1.82) is 0 Å². The van der Waals surface area contributed by atoms with Crippen molar-refractivity contribution in [2.24, 2.45) is 0 Å². The van der Waals surface area contributed by atoms with Gasteiger partial charge in [0, 0.05) is 30.0 Å². The van der Waals surface area contributed by atoms with Crippen LogP contribution in [0.3, 0.4) is 0 Å². The number of nitrogens with one attached hydrogen (secondary N) is 2. The third-order valence-corrected chi connectivity index (χ3v) is 7.56. The van der Waals surface area contributed by atoms with Crippen LogP contribution in [0.5, 0.6) is 11.5 Å². The van der Waals surface area contributed by atoms with Crippen molar-refractivity contribution in [3.05, 3.63) is 59.7 Å². The number of benzene rings is 2. The van der Waals surface area contributed by atoms with E-state index in [0.29, 0.717) is 25.7 Å². The first-order valence-corrected chi connectivity index (χ1v) is 14.2. The molecule has 8 nitrogen and oxygen atoms in total. The highest BCUT2D eigenvalue weighted by atomic mass is 35.5. The van der Waals surface area contributed by atoms with E-state index in [0.717, 1.165) is 24.3 Å². The number of hydrogen-bond acceptors (Lipinski definition) is 6. The van der Waals surface area contributed by atoms with Crippen molar-refractivity contribution in [2.75, 3.05) is 13.2 Å².